The largest absolute Gasteiger partial charge is 0.268 e. The van der Waals surface area contributed by atoms with Gasteiger partial charge in [0.05, 0.1) is 10.2 Å². The minimum atomic E-state index is -0.346. The van der Waals surface area contributed by atoms with Gasteiger partial charge in [-0.2, -0.15) is 0 Å². The van der Waals surface area contributed by atoms with Crippen LogP contribution in [0.5, 0.6) is 0 Å². The van der Waals surface area contributed by atoms with Crippen LogP contribution >= 0.6 is 11.3 Å². The van der Waals surface area contributed by atoms with E-state index in [1.54, 1.807) is 12.1 Å². The van der Waals surface area contributed by atoms with Gasteiger partial charge in [-0.25, -0.2) is 9.55 Å². The van der Waals surface area contributed by atoms with Gasteiger partial charge in [0.15, 0.2) is 0 Å². The molecule has 0 N–H and O–H groups in total. The van der Waals surface area contributed by atoms with Gasteiger partial charge in [0, 0.05) is 10.8 Å². The van der Waals surface area contributed by atoms with Crippen molar-refractivity contribution in [3.8, 4) is 5.13 Å². The van der Waals surface area contributed by atoms with Crippen LogP contribution in [0.15, 0.2) is 82.4 Å². The van der Waals surface area contributed by atoms with E-state index in [4.69, 9.17) is 0 Å². The predicted octanol–water partition coefficient (Wildman–Crippen LogP) is 4.11. The lowest BCUT2D eigenvalue weighted by molar-refractivity contribution is 0.963. The molecule has 0 aliphatic heterocycles. The van der Waals surface area contributed by atoms with Crippen molar-refractivity contribution in [1.29, 1.82) is 0 Å². The quantitative estimate of drug-likeness (QED) is 0.454. The number of nitrogens with zero attached hydrogens (tertiary/aromatic N) is 2. The van der Waals surface area contributed by atoms with Gasteiger partial charge >= 0.3 is 0 Å². The number of hydrogen-bond donors (Lipinski definition) is 0. The molecule has 0 saturated heterocycles. The van der Waals surface area contributed by atoms with Crippen molar-refractivity contribution in [3.63, 3.8) is 0 Å². The molecule has 124 valence electrons. The minimum Gasteiger partial charge on any atom is -0.268 e. The highest BCUT2D eigenvalue weighted by Gasteiger charge is 2.15. The first kappa shape index (κ1) is 15.0. The van der Waals surface area contributed by atoms with Gasteiger partial charge in [0.1, 0.15) is 0 Å². The van der Waals surface area contributed by atoms with Gasteiger partial charge in [-0.05, 0) is 35.0 Å². The lowest BCUT2D eigenvalue weighted by atomic mass is 10.1. The molecule has 5 heteroatoms. The van der Waals surface area contributed by atoms with Gasteiger partial charge in [-0.15, -0.1) is 0 Å². The van der Waals surface area contributed by atoms with E-state index in [1.807, 2.05) is 60.7 Å². The number of benzene rings is 3. The van der Waals surface area contributed by atoms with E-state index in [2.05, 4.69) is 4.98 Å². The molecule has 0 atom stereocenters. The average molecular weight is 356 g/mol. The van der Waals surface area contributed by atoms with Gasteiger partial charge in [-0.3, -0.25) is 9.59 Å². The van der Waals surface area contributed by atoms with Crippen molar-refractivity contribution < 1.29 is 0 Å². The first-order valence-corrected chi connectivity index (χ1v) is 8.98. The minimum absolute atomic E-state index is 0.346. The highest BCUT2D eigenvalue weighted by Crippen LogP contribution is 2.24. The Morgan fingerprint density at radius 1 is 0.654 bits per heavy atom. The SMILES string of the molecule is O=c1c2ccccc2c2ccccc2c(=O)n1-c1nc2ccccc2s1. The van der Waals surface area contributed by atoms with Crippen molar-refractivity contribution in [2.24, 2.45) is 0 Å². The van der Waals surface area contributed by atoms with E-state index in [-0.39, 0.29) is 11.1 Å². The molecule has 2 aromatic heterocycles. The van der Waals surface area contributed by atoms with E-state index < -0.39 is 0 Å². The topological polar surface area (TPSA) is 52.0 Å². The van der Waals surface area contributed by atoms with Gasteiger partial charge in [0.2, 0.25) is 5.13 Å². The molecule has 3 aromatic carbocycles. The van der Waals surface area contributed by atoms with Crippen LogP contribution < -0.4 is 11.1 Å². The number of aromatic nitrogens is 2. The third-order valence-electron chi connectivity index (χ3n) is 4.49. The summed E-state index contributed by atoms with van der Waals surface area (Å²) in [5.41, 5.74) is 0.0839. The summed E-state index contributed by atoms with van der Waals surface area (Å²) in [5.74, 6) is 0. The van der Waals surface area contributed by atoms with Gasteiger partial charge in [0.25, 0.3) is 11.1 Å². The summed E-state index contributed by atoms with van der Waals surface area (Å²) in [6.07, 6.45) is 0. The van der Waals surface area contributed by atoms with Crippen LogP contribution in [0.25, 0.3) is 36.9 Å². The third kappa shape index (κ3) is 2.11. The summed E-state index contributed by atoms with van der Waals surface area (Å²) in [6, 6.07) is 22.3. The van der Waals surface area contributed by atoms with Crippen molar-refractivity contribution in [3.05, 3.63) is 93.5 Å². The number of hydrogen-bond acceptors (Lipinski definition) is 4. The number of rotatable bonds is 1. The monoisotopic (exact) mass is 356 g/mol. The van der Waals surface area contributed by atoms with E-state index >= 15 is 0 Å². The van der Waals surface area contributed by atoms with Crippen LogP contribution in [0.1, 0.15) is 0 Å². The normalized spacial score (nSPS) is 11.4. The molecule has 0 saturated carbocycles. The molecule has 2 heterocycles. The Bertz CT molecular complexity index is 1330. The summed E-state index contributed by atoms with van der Waals surface area (Å²) < 4.78 is 2.14. The van der Waals surface area contributed by atoms with Crippen LogP contribution in [-0.4, -0.2) is 9.55 Å². The van der Waals surface area contributed by atoms with E-state index in [9.17, 15) is 9.59 Å². The van der Waals surface area contributed by atoms with Crippen molar-refractivity contribution in [1.82, 2.24) is 9.55 Å². The molecule has 0 aliphatic carbocycles. The number of thiazole rings is 1. The lowest BCUT2D eigenvalue weighted by Crippen LogP contribution is -2.28. The van der Waals surface area contributed by atoms with Crippen LogP contribution in [0.4, 0.5) is 0 Å². The average Bonchev–Trinajstić information content (AvgIpc) is 3.08. The number of fused-ring (bicyclic) bond motifs is 4. The summed E-state index contributed by atoms with van der Waals surface area (Å²) >= 11 is 1.34. The molecular formula is C21H12N2O2S. The molecule has 5 aromatic rings. The van der Waals surface area contributed by atoms with Crippen LogP contribution in [-0.2, 0) is 0 Å². The molecule has 0 radical (unpaired) electrons. The fraction of sp³-hybridized carbons (Fsp3) is 0. The molecule has 0 fully saturated rings. The zero-order valence-corrected chi connectivity index (χ0v) is 14.4. The van der Waals surface area contributed by atoms with Crippen molar-refractivity contribution in [2.45, 2.75) is 0 Å². The zero-order valence-electron chi connectivity index (χ0n) is 13.5. The Morgan fingerprint density at radius 2 is 1.15 bits per heavy atom. The first-order valence-electron chi connectivity index (χ1n) is 8.17. The maximum Gasteiger partial charge on any atom is 0.267 e. The van der Waals surface area contributed by atoms with Gasteiger partial charge < -0.3 is 0 Å². The Hall–Kier alpha value is -3.31. The number of para-hydroxylation sites is 1. The van der Waals surface area contributed by atoms with Gasteiger partial charge in [-0.1, -0.05) is 59.9 Å². The Kier molecular flexibility index (Phi) is 3.23. The molecule has 0 bridgehead atoms. The first-order chi connectivity index (χ1) is 12.7. The molecule has 0 spiro atoms. The second-order valence-corrected chi connectivity index (χ2v) is 7.01. The highest BCUT2D eigenvalue weighted by atomic mass is 32.1. The second-order valence-electron chi connectivity index (χ2n) is 6.00. The van der Waals surface area contributed by atoms with E-state index in [1.165, 1.54) is 15.9 Å². The van der Waals surface area contributed by atoms with E-state index in [0.717, 1.165) is 21.0 Å². The molecule has 4 nitrogen and oxygen atoms in total. The van der Waals surface area contributed by atoms with Crippen LogP contribution in [0.3, 0.4) is 0 Å². The standard InChI is InChI=1S/C21H12N2O2S/c24-19-15-9-3-1-7-13(15)14-8-2-4-10-16(14)20(25)23(19)21-22-17-11-5-6-12-18(17)26-21/h1-12H. The Morgan fingerprint density at radius 3 is 1.73 bits per heavy atom. The smallest absolute Gasteiger partial charge is 0.267 e. The Labute approximate surface area is 151 Å². The fourth-order valence-electron chi connectivity index (χ4n) is 3.27. The molecule has 0 aliphatic rings. The molecule has 5 rings (SSSR count). The van der Waals surface area contributed by atoms with Crippen LogP contribution in [0.2, 0.25) is 0 Å². The molecule has 0 amide bonds. The fourth-order valence-corrected chi connectivity index (χ4v) is 4.23. The Balaban J connectivity index is 2.05. The summed E-state index contributed by atoms with van der Waals surface area (Å²) in [7, 11) is 0. The maximum atomic E-state index is 13.3. The van der Waals surface area contributed by atoms with Crippen molar-refractivity contribution in [2.75, 3.05) is 0 Å². The van der Waals surface area contributed by atoms with Crippen LogP contribution in [0, 0.1) is 0 Å². The summed E-state index contributed by atoms with van der Waals surface area (Å²) in [5, 5.41) is 2.94. The zero-order chi connectivity index (χ0) is 17.7. The highest BCUT2D eigenvalue weighted by molar-refractivity contribution is 7.20. The maximum absolute atomic E-state index is 13.3. The van der Waals surface area contributed by atoms with E-state index in [0.29, 0.717) is 15.9 Å². The second kappa shape index (κ2) is 5.61. The third-order valence-corrected chi connectivity index (χ3v) is 5.51. The molecule has 26 heavy (non-hydrogen) atoms. The summed E-state index contributed by atoms with van der Waals surface area (Å²) in [6.45, 7) is 0. The molecule has 0 unspecified atom stereocenters. The predicted molar refractivity (Wildman–Crippen MR) is 106 cm³/mol. The lowest BCUT2D eigenvalue weighted by Gasteiger charge is -1.96. The molecular weight excluding hydrogens is 344 g/mol. The van der Waals surface area contributed by atoms with Crippen molar-refractivity contribution >= 4 is 43.1 Å². The summed E-state index contributed by atoms with van der Waals surface area (Å²) in [4.78, 5) is 31.1.